The zero-order chi connectivity index (χ0) is 18.1. The normalized spacial score (nSPS) is 11.6. The molecule has 0 saturated heterocycles. The van der Waals surface area contributed by atoms with Crippen molar-refractivity contribution in [1.82, 2.24) is 20.8 Å². The third kappa shape index (κ3) is 5.77. The van der Waals surface area contributed by atoms with Gasteiger partial charge in [-0.1, -0.05) is 32.0 Å². The van der Waals surface area contributed by atoms with E-state index in [4.69, 9.17) is 9.26 Å². The van der Waals surface area contributed by atoms with Crippen LogP contribution >= 0.6 is 0 Å². The zero-order valence-corrected chi connectivity index (χ0v) is 15.4. The van der Waals surface area contributed by atoms with E-state index >= 15 is 0 Å². The average Bonchev–Trinajstić information content (AvgIpc) is 3.10. The van der Waals surface area contributed by atoms with Gasteiger partial charge in [0.05, 0.1) is 18.8 Å². The Hall–Kier alpha value is -2.57. The molecule has 0 aromatic carbocycles. The molecule has 2 rings (SSSR count). The molecule has 0 amide bonds. The number of nitrogens with zero attached hydrogens (tertiary/aromatic N) is 3. The smallest absolute Gasteiger partial charge is 0.218 e. The van der Waals surface area contributed by atoms with Gasteiger partial charge in [-0.2, -0.15) is 0 Å². The van der Waals surface area contributed by atoms with Crippen molar-refractivity contribution in [3.63, 3.8) is 0 Å². The van der Waals surface area contributed by atoms with Crippen LogP contribution in [0.5, 0.6) is 5.88 Å². The number of pyridine rings is 1. The largest absolute Gasteiger partial charge is 0.477 e. The second kappa shape index (κ2) is 9.66. The Morgan fingerprint density at radius 3 is 2.80 bits per heavy atom. The maximum absolute atomic E-state index is 5.67. The van der Waals surface area contributed by atoms with Crippen molar-refractivity contribution in [2.75, 3.05) is 13.7 Å². The summed E-state index contributed by atoms with van der Waals surface area (Å²) >= 11 is 0. The highest BCUT2D eigenvalue weighted by Crippen LogP contribution is 2.15. The molecule has 0 radical (unpaired) electrons. The number of hydrogen-bond acceptors (Lipinski definition) is 5. The van der Waals surface area contributed by atoms with E-state index < -0.39 is 0 Å². The molecule has 2 heterocycles. The number of nitrogens with one attached hydrogen (secondary N) is 2. The molecule has 0 fully saturated rings. The van der Waals surface area contributed by atoms with Gasteiger partial charge in [0, 0.05) is 31.4 Å². The first-order chi connectivity index (χ1) is 12.1. The minimum atomic E-state index is 0.349. The van der Waals surface area contributed by atoms with Gasteiger partial charge in [0.15, 0.2) is 11.7 Å². The fraction of sp³-hybridized carbons (Fsp3) is 0.500. The highest BCUT2D eigenvalue weighted by Gasteiger charge is 2.09. The summed E-state index contributed by atoms with van der Waals surface area (Å²) in [5, 5.41) is 10.5. The number of rotatable bonds is 8. The molecule has 2 N–H and O–H groups in total. The van der Waals surface area contributed by atoms with E-state index in [0.717, 1.165) is 23.4 Å². The lowest BCUT2D eigenvalue weighted by atomic mass is 10.1. The minimum absolute atomic E-state index is 0.349. The van der Waals surface area contributed by atoms with E-state index in [1.807, 2.05) is 18.2 Å². The van der Waals surface area contributed by atoms with Crippen molar-refractivity contribution >= 4 is 5.96 Å². The molecule has 136 valence electrons. The van der Waals surface area contributed by atoms with Crippen molar-refractivity contribution in [3.05, 3.63) is 41.4 Å². The molecule has 25 heavy (non-hydrogen) atoms. The molecule has 0 unspecified atom stereocenters. The second-order valence-corrected chi connectivity index (χ2v) is 5.97. The number of aromatic nitrogens is 2. The van der Waals surface area contributed by atoms with Gasteiger partial charge in [-0.3, -0.25) is 4.99 Å². The molecule has 2 aromatic rings. The number of hydrogen-bond donors (Lipinski definition) is 2. The summed E-state index contributed by atoms with van der Waals surface area (Å²) in [6.45, 7) is 7.98. The van der Waals surface area contributed by atoms with Crippen LogP contribution in [-0.2, 0) is 13.1 Å². The van der Waals surface area contributed by atoms with Crippen molar-refractivity contribution in [2.45, 2.75) is 46.2 Å². The first-order valence-corrected chi connectivity index (χ1v) is 8.60. The Balaban J connectivity index is 1.88. The van der Waals surface area contributed by atoms with E-state index in [1.54, 1.807) is 13.2 Å². The van der Waals surface area contributed by atoms with Crippen LogP contribution in [0.25, 0.3) is 0 Å². The first kappa shape index (κ1) is 18.8. The Morgan fingerprint density at radius 2 is 2.12 bits per heavy atom. The average molecular weight is 345 g/mol. The summed E-state index contributed by atoms with van der Waals surface area (Å²) in [7, 11) is 1.73. The van der Waals surface area contributed by atoms with Gasteiger partial charge in [0.25, 0.3) is 0 Å². The summed E-state index contributed by atoms with van der Waals surface area (Å²) in [6.07, 6.45) is 2.68. The van der Waals surface area contributed by atoms with E-state index in [2.05, 4.69) is 46.5 Å². The summed E-state index contributed by atoms with van der Waals surface area (Å²) in [6, 6.07) is 5.85. The minimum Gasteiger partial charge on any atom is -0.477 e. The Kier molecular flexibility index (Phi) is 7.25. The quantitative estimate of drug-likeness (QED) is 0.565. The van der Waals surface area contributed by atoms with Gasteiger partial charge < -0.3 is 19.9 Å². The summed E-state index contributed by atoms with van der Waals surface area (Å²) in [4.78, 5) is 8.51. The van der Waals surface area contributed by atoms with Gasteiger partial charge >= 0.3 is 0 Å². The van der Waals surface area contributed by atoms with Gasteiger partial charge in [-0.15, -0.1) is 0 Å². The van der Waals surface area contributed by atoms with Gasteiger partial charge in [0.2, 0.25) is 5.88 Å². The van der Waals surface area contributed by atoms with Gasteiger partial charge in [0.1, 0.15) is 0 Å². The fourth-order valence-electron chi connectivity index (χ4n) is 2.14. The van der Waals surface area contributed by atoms with Crippen molar-refractivity contribution < 1.29 is 9.26 Å². The summed E-state index contributed by atoms with van der Waals surface area (Å²) < 4.78 is 11.0. The predicted molar refractivity (Wildman–Crippen MR) is 97.7 cm³/mol. The van der Waals surface area contributed by atoms with Gasteiger partial charge in [-0.05, 0) is 18.4 Å². The maximum Gasteiger partial charge on any atom is 0.218 e. The molecule has 0 aliphatic carbocycles. The van der Waals surface area contributed by atoms with Crippen LogP contribution in [0.1, 0.15) is 50.1 Å². The van der Waals surface area contributed by atoms with E-state index in [9.17, 15) is 0 Å². The van der Waals surface area contributed by atoms with Crippen LogP contribution in [-0.4, -0.2) is 29.8 Å². The molecular formula is C18H27N5O2. The Morgan fingerprint density at radius 1 is 1.32 bits per heavy atom. The van der Waals surface area contributed by atoms with Crippen LogP contribution in [0.4, 0.5) is 0 Å². The van der Waals surface area contributed by atoms with Crippen molar-refractivity contribution in [3.8, 4) is 5.88 Å². The third-order valence-corrected chi connectivity index (χ3v) is 3.56. The standard InChI is InChI=1S/C18H27N5O2/c1-5-9-24-17-14(7-6-8-20-17)11-21-18(19-4)22-12-15-10-16(13(2)3)23-25-15/h6-8,10,13H,5,9,11-12H2,1-4H3,(H2,19,21,22). The van der Waals surface area contributed by atoms with E-state index in [-0.39, 0.29) is 0 Å². The molecule has 0 aliphatic rings. The monoisotopic (exact) mass is 345 g/mol. The van der Waals surface area contributed by atoms with Crippen LogP contribution in [0, 0.1) is 0 Å². The summed E-state index contributed by atoms with van der Waals surface area (Å²) in [5.41, 5.74) is 1.94. The lowest BCUT2D eigenvalue weighted by Crippen LogP contribution is -2.36. The number of aliphatic imine (C=N–C) groups is 1. The molecule has 0 bridgehead atoms. The second-order valence-electron chi connectivity index (χ2n) is 5.97. The highest BCUT2D eigenvalue weighted by atomic mass is 16.5. The molecule has 7 heteroatoms. The molecule has 0 spiro atoms. The highest BCUT2D eigenvalue weighted by molar-refractivity contribution is 5.79. The predicted octanol–water partition coefficient (Wildman–Crippen LogP) is 2.85. The Labute approximate surface area is 148 Å². The van der Waals surface area contributed by atoms with Crippen LogP contribution < -0.4 is 15.4 Å². The van der Waals surface area contributed by atoms with Crippen LogP contribution in [0.3, 0.4) is 0 Å². The topological polar surface area (TPSA) is 84.6 Å². The molecular weight excluding hydrogens is 318 g/mol. The number of ether oxygens (including phenoxy) is 1. The lowest BCUT2D eigenvalue weighted by molar-refractivity contribution is 0.301. The maximum atomic E-state index is 5.67. The molecule has 2 aromatic heterocycles. The molecule has 0 saturated carbocycles. The third-order valence-electron chi connectivity index (χ3n) is 3.56. The lowest BCUT2D eigenvalue weighted by Gasteiger charge is -2.13. The Bertz CT molecular complexity index is 682. The van der Waals surface area contributed by atoms with E-state index in [0.29, 0.717) is 37.5 Å². The van der Waals surface area contributed by atoms with Crippen LogP contribution in [0.15, 0.2) is 33.9 Å². The fourth-order valence-corrected chi connectivity index (χ4v) is 2.14. The van der Waals surface area contributed by atoms with Crippen LogP contribution in [0.2, 0.25) is 0 Å². The molecule has 0 aliphatic heterocycles. The SMILES string of the molecule is CCCOc1ncccc1CNC(=NC)NCc1cc(C(C)C)no1. The summed E-state index contributed by atoms with van der Waals surface area (Å²) in [5.74, 6) is 2.46. The molecule has 0 atom stereocenters. The van der Waals surface area contributed by atoms with Gasteiger partial charge in [-0.25, -0.2) is 4.98 Å². The molecule has 7 nitrogen and oxygen atoms in total. The van der Waals surface area contributed by atoms with E-state index in [1.165, 1.54) is 0 Å². The van der Waals surface area contributed by atoms with Crippen molar-refractivity contribution in [1.29, 1.82) is 0 Å². The number of guanidine groups is 1. The zero-order valence-electron chi connectivity index (χ0n) is 15.4. The van der Waals surface area contributed by atoms with Crippen molar-refractivity contribution in [2.24, 2.45) is 4.99 Å². The first-order valence-electron chi connectivity index (χ1n) is 8.60.